The molecule has 0 aliphatic carbocycles. The number of aliphatic hydroxyl groups excluding tert-OH is 1. The average Bonchev–Trinajstić information content (AvgIpc) is 3.12. The van der Waals surface area contributed by atoms with Gasteiger partial charge in [0.05, 0.1) is 6.04 Å². The molecule has 1 saturated heterocycles. The fourth-order valence-electron chi connectivity index (χ4n) is 2.84. The molecule has 0 spiro atoms. The Bertz CT molecular complexity index is 1020. The predicted octanol–water partition coefficient (Wildman–Crippen LogP) is 4.81. The van der Waals surface area contributed by atoms with E-state index in [-0.39, 0.29) is 17.2 Å². The third-order valence-electron chi connectivity index (χ3n) is 4.54. The molecule has 0 aromatic heterocycles. The summed E-state index contributed by atoms with van der Waals surface area (Å²) in [6.45, 7) is 4.22. The Hall–Kier alpha value is -4.19. The molecule has 6 nitrogen and oxygen atoms in total. The molecule has 0 aromatic carbocycles. The van der Waals surface area contributed by atoms with E-state index >= 15 is 0 Å². The molecule has 184 valence electrons. The first-order valence-electron chi connectivity index (χ1n) is 11.5. The molecule has 1 rings (SSSR count). The van der Waals surface area contributed by atoms with E-state index < -0.39 is 17.7 Å². The highest BCUT2D eigenvalue weighted by molar-refractivity contribution is 6.27. The average molecular weight is 475 g/mol. The van der Waals surface area contributed by atoms with Gasteiger partial charge in [0.2, 0.25) is 5.91 Å². The molecule has 1 heterocycles. The highest BCUT2D eigenvalue weighted by atomic mass is 16.3. The van der Waals surface area contributed by atoms with Crippen LogP contribution in [0.3, 0.4) is 0 Å². The maximum Gasteiger partial charge on any atom is 0.259 e. The Morgan fingerprint density at radius 2 is 1.29 bits per heavy atom. The Morgan fingerprint density at radius 1 is 0.800 bits per heavy atom. The van der Waals surface area contributed by atoms with Crippen LogP contribution < -0.4 is 10.6 Å². The molecular weight excluding hydrogens is 440 g/mol. The van der Waals surface area contributed by atoms with Crippen LogP contribution >= 0.6 is 0 Å². The van der Waals surface area contributed by atoms with E-state index in [9.17, 15) is 19.5 Å². The summed E-state index contributed by atoms with van der Waals surface area (Å²) >= 11 is 0. The van der Waals surface area contributed by atoms with Gasteiger partial charge in [-0.2, -0.15) is 0 Å². The highest BCUT2D eigenvalue weighted by Gasteiger charge is 2.37. The second-order valence-electron chi connectivity index (χ2n) is 7.28. The van der Waals surface area contributed by atoms with Gasteiger partial charge in [0.25, 0.3) is 5.91 Å². The van der Waals surface area contributed by atoms with E-state index in [2.05, 4.69) is 10.6 Å². The minimum absolute atomic E-state index is 0.241. The lowest BCUT2D eigenvalue weighted by atomic mass is 10.0. The molecule has 0 saturated carbocycles. The number of aliphatic hydroxyl groups is 1. The summed E-state index contributed by atoms with van der Waals surface area (Å²) in [7, 11) is 0. The fraction of sp³-hybridized carbons (Fsp3) is 0.207. The van der Waals surface area contributed by atoms with Gasteiger partial charge in [-0.05, 0) is 32.8 Å². The standard InChI is InChI=1S/C29H34N2O4/c1-3-5-7-9-11-12-14-16-18-22-26(33)30-23-19-20-24-28(34)27(29(35)31-24)25(32)21-17-15-13-10-8-6-4-2/h3-18,21-22,24,32H,19-20,23H2,1-2H3,(H,30,33)(H,31,35)/b5-3+,6-4+,9-7+,10-8+,12-11+,15-13+,16-14+,21-17+,22-18+,27-25-/t24-/m0/s1. The third kappa shape index (κ3) is 12.6. The summed E-state index contributed by atoms with van der Waals surface area (Å²) in [5.41, 5.74) is -0.241. The molecule has 0 aromatic rings. The number of rotatable bonds is 13. The maximum atomic E-state index is 12.5. The maximum absolute atomic E-state index is 12.5. The summed E-state index contributed by atoms with van der Waals surface area (Å²) in [4.78, 5) is 36.5. The molecule has 3 N–H and O–H groups in total. The number of nitrogens with one attached hydrogen (secondary N) is 2. The molecular formula is C29H34N2O4. The molecule has 0 unspecified atom stereocenters. The van der Waals surface area contributed by atoms with Gasteiger partial charge in [-0.25, -0.2) is 0 Å². The Kier molecular flexibility index (Phi) is 15.0. The summed E-state index contributed by atoms with van der Waals surface area (Å²) < 4.78 is 0. The van der Waals surface area contributed by atoms with E-state index in [4.69, 9.17) is 0 Å². The van der Waals surface area contributed by atoms with Crippen molar-refractivity contribution >= 4 is 17.6 Å². The van der Waals surface area contributed by atoms with Gasteiger partial charge in [-0.3, -0.25) is 14.4 Å². The van der Waals surface area contributed by atoms with E-state index in [1.807, 2.05) is 80.7 Å². The van der Waals surface area contributed by atoms with Crippen LogP contribution in [0.15, 0.2) is 121 Å². The Balaban J connectivity index is 2.43. The van der Waals surface area contributed by atoms with Gasteiger partial charge in [-0.15, -0.1) is 0 Å². The molecule has 1 aliphatic rings. The first kappa shape index (κ1) is 28.8. The van der Waals surface area contributed by atoms with Crippen molar-refractivity contribution in [3.63, 3.8) is 0 Å². The number of ketones is 1. The molecule has 1 aliphatic heterocycles. The number of carbonyl (C=O) groups is 3. The van der Waals surface area contributed by atoms with Crippen LogP contribution in [0.2, 0.25) is 0 Å². The van der Waals surface area contributed by atoms with E-state index in [1.54, 1.807) is 30.4 Å². The lowest BCUT2D eigenvalue weighted by Crippen LogP contribution is -2.30. The number of allylic oxidation sites excluding steroid dienone is 17. The van der Waals surface area contributed by atoms with Gasteiger partial charge >= 0.3 is 0 Å². The molecule has 35 heavy (non-hydrogen) atoms. The van der Waals surface area contributed by atoms with Crippen molar-refractivity contribution in [2.75, 3.05) is 6.54 Å². The molecule has 0 radical (unpaired) electrons. The van der Waals surface area contributed by atoms with E-state index in [1.165, 1.54) is 12.2 Å². The zero-order valence-corrected chi connectivity index (χ0v) is 20.3. The van der Waals surface area contributed by atoms with E-state index in [0.717, 1.165) is 0 Å². The van der Waals surface area contributed by atoms with Gasteiger partial charge in [0, 0.05) is 12.6 Å². The fourth-order valence-corrected chi connectivity index (χ4v) is 2.84. The normalized spacial score (nSPS) is 19.1. The van der Waals surface area contributed by atoms with Crippen LogP contribution in [0.5, 0.6) is 0 Å². The largest absolute Gasteiger partial charge is 0.507 e. The van der Waals surface area contributed by atoms with Crippen molar-refractivity contribution in [3.05, 3.63) is 121 Å². The van der Waals surface area contributed by atoms with Crippen molar-refractivity contribution in [1.29, 1.82) is 0 Å². The van der Waals surface area contributed by atoms with Crippen LogP contribution in [0.1, 0.15) is 26.7 Å². The molecule has 1 atom stereocenters. The van der Waals surface area contributed by atoms with Gasteiger partial charge in [-0.1, -0.05) is 97.2 Å². The third-order valence-corrected chi connectivity index (χ3v) is 4.54. The zero-order valence-electron chi connectivity index (χ0n) is 20.3. The summed E-state index contributed by atoms with van der Waals surface area (Å²) in [5.74, 6) is -1.65. The second-order valence-corrected chi connectivity index (χ2v) is 7.28. The second kappa shape index (κ2) is 18.3. The van der Waals surface area contributed by atoms with Crippen LogP contribution in [-0.2, 0) is 14.4 Å². The first-order valence-corrected chi connectivity index (χ1v) is 11.5. The molecule has 2 amide bonds. The van der Waals surface area contributed by atoms with E-state index in [0.29, 0.717) is 19.4 Å². The number of hydrogen-bond acceptors (Lipinski definition) is 4. The van der Waals surface area contributed by atoms with Crippen molar-refractivity contribution < 1.29 is 19.5 Å². The highest BCUT2D eigenvalue weighted by Crippen LogP contribution is 2.17. The van der Waals surface area contributed by atoms with Crippen molar-refractivity contribution in [2.24, 2.45) is 0 Å². The molecule has 1 fully saturated rings. The molecule has 0 bridgehead atoms. The molecule has 6 heteroatoms. The SMILES string of the molecule is C/C=C/C=C/C=C/C=C/C=C/C(=O)NCCC[C@@H]1NC(=O)/C(=C(O)/C=C/C=C/C=C/C=C/C)C1=O. The van der Waals surface area contributed by atoms with Crippen molar-refractivity contribution in [3.8, 4) is 0 Å². The van der Waals surface area contributed by atoms with Crippen LogP contribution in [0, 0.1) is 0 Å². The number of carbonyl (C=O) groups excluding carboxylic acids is 3. The lowest BCUT2D eigenvalue weighted by molar-refractivity contribution is -0.118. The predicted molar refractivity (Wildman–Crippen MR) is 142 cm³/mol. The quantitative estimate of drug-likeness (QED) is 0.117. The Morgan fingerprint density at radius 3 is 1.83 bits per heavy atom. The minimum atomic E-state index is -0.712. The Labute approximate surface area is 207 Å². The van der Waals surface area contributed by atoms with Crippen LogP contribution in [-0.4, -0.2) is 35.3 Å². The monoisotopic (exact) mass is 474 g/mol. The van der Waals surface area contributed by atoms with Gasteiger partial charge in [0.15, 0.2) is 5.78 Å². The first-order chi connectivity index (χ1) is 17.0. The van der Waals surface area contributed by atoms with Gasteiger partial charge in [0.1, 0.15) is 11.3 Å². The van der Waals surface area contributed by atoms with Crippen LogP contribution in [0.4, 0.5) is 0 Å². The number of hydrogen-bond donors (Lipinski definition) is 3. The summed E-state index contributed by atoms with van der Waals surface area (Å²) in [6, 6.07) is -0.712. The van der Waals surface area contributed by atoms with Crippen molar-refractivity contribution in [1.82, 2.24) is 10.6 Å². The topological polar surface area (TPSA) is 95.5 Å². The number of amides is 2. The summed E-state index contributed by atoms with van der Waals surface area (Å²) in [6.07, 6.45) is 32.6. The smallest absolute Gasteiger partial charge is 0.259 e. The van der Waals surface area contributed by atoms with Crippen molar-refractivity contribution in [2.45, 2.75) is 32.7 Å². The van der Waals surface area contributed by atoms with Gasteiger partial charge < -0.3 is 15.7 Å². The minimum Gasteiger partial charge on any atom is -0.507 e. The number of Topliss-reactive ketones (excluding diaryl/α,β-unsaturated/α-hetero) is 1. The van der Waals surface area contributed by atoms with Crippen LogP contribution in [0.25, 0.3) is 0 Å². The lowest BCUT2D eigenvalue weighted by Gasteiger charge is -2.07. The summed E-state index contributed by atoms with van der Waals surface area (Å²) in [5, 5.41) is 15.5. The zero-order chi connectivity index (χ0) is 25.7.